The first kappa shape index (κ1) is 15.5. The van der Waals surface area contributed by atoms with Crippen molar-refractivity contribution in [2.75, 3.05) is 13.1 Å². The van der Waals surface area contributed by atoms with Gasteiger partial charge in [-0.1, -0.05) is 5.16 Å². The Morgan fingerprint density at radius 2 is 2.39 bits per heavy atom. The number of rotatable bonds is 5. The van der Waals surface area contributed by atoms with Gasteiger partial charge in [-0.15, -0.1) is 0 Å². The molecular formula is C15H18FN5O2. The Kier molecular flexibility index (Phi) is 4.61. The van der Waals surface area contributed by atoms with Crippen LogP contribution in [0, 0.1) is 6.92 Å². The Morgan fingerprint density at radius 3 is 3.09 bits per heavy atom. The Labute approximate surface area is 132 Å². The summed E-state index contributed by atoms with van der Waals surface area (Å²) in [6.07, 6.45) is 2.35. The van der Waals surface area contributed by atoms with Crippen LogP contribution in [0.1, 0.15) is 28.2 Å². The fourth-order valence-electron chi connectivity index (χ4n) is 2.76. The summed E-state index contributed by atoms with van der Waals surface area (Å²) in [4.78, 5) is 14.0. The highest BCUT2D eigenvalue weighted by molar-refractivity contribution is 5.93. The molecule has 2 atom stereocenters. The molecule has 3 rings (SSSR count). The molecule has 3 heterocycles. The highest BCUT2D eigenvalue weighted by Crippen LogP contribution is 2.22. The van der Waals surface area contributed by atoms with Gasteiger partial charge in [0.15, 0.2) is 5.76 Å². The van der Waals surface area contributed by atoms with E-state index >= 15 is 0 Å². The van der Waals surface area contributed by atoms with Crippen LogP contribution in [-0.2, 0) is 6.54 Å². The van der Waals surface area contributed by atoms with Crippen molar-refractivity contribution in [3.63, 3.8) is 0 Å². The molecule has 0 saturated carbocycles. The molecule has 2 aromatic heterocycles. The number of halogens is 1. The second-order valence-electron chi connectivity index (χ2n) is 5.69. The third-order valence-electron chi connectivity index (χ3n) is 3.86. The molecule has 1 fully saturated rings. The van der Waals surface area contributed by atoms with Gasteiger partial charge in [0.2, 0.25) is 0 Å². The first-order chi connectivity index (χ1) is 11.1. The topological polar surface area (TPSA) is 84.2 Å². The SMILES string of the molecule is Cc1cc(CN2C[C@@H](F)C[C@H]2CNC(=O)c2ccnnc2)on1. The third kappa shape index (κ3) is 3.89. The first-order valence-electron chi connectivity index (χ1n) is 7.47. The Morgan fingerprint density at radius 1 is 1.52 bits per heavy atom. The number of carbonyl (C=O) groups is 1. The minimum absolute atomic E-state index is 0.0749. The van der Waals surface area contributed by atoms with Crippen molar-refractivity contribution < 1.29 is 13.7 Å². The normalized spacial score (nSPS) is 21.5. The number of aromatic nitrogens is 3. The number of carbonyl (C=O) groups excluding carboxylic acids is 1. The van der Waals surface area contributed by atoms with Crippen LogP contribution in [0.25, 0.3) is 0 Å². The fraction of sp³-hybridized carbons (Fsp3) is 0.467. The Hall–Kier alpha value is -2.35. The number of nitrogens with zero attached hydrogens (tertiary/aromatic N) is 4. The van der Waals surface area contributed by atoms with Gasteiger partial charge in [0.1, 0.15) is 6.17 Å². The lowest BCUT2D eigenvalue weighted by molar-refractivity contribution is 0.0938. The lowest BCUT2D eigenvalue weighted by atomic mass is 10.2. The average Bonchev–Trinajstić information content (AvgIpc) is 3.11. The van der Waals surface area contributed by atoms with E-state index in [0.717, 1.165) is 5.69 Å². The van der Waals surface area contributed by atoms with Gasteiger partial charge in [0.05, 0.1) is 30.2 Å². The summed E-state index contributed by atoms with van der Waals surface area (Å²) in [5.41, 5.74) is 1.23. The minimum atomic E-state index is -0.900. The monoisotopic (exact) mass is 319 g/mol. The minimum Gasteiger partial charge on any atom is -0.360 e. The van der Waals surface area contributed by atoms with Gasteiger partial charge < -0.3 is 9.84 Å². The van der Waals surface area contributed by atoms with Gasteiger partial charge in [-0.3, -0.25) is 9.69 Å². The van der Waals surface area contributed by atoms with Crippen LogP contribution in [0.4, 0.5) is 4.39 Å². The van der Waals surface area contributed by atoms with Crippen LogP contribution < -0.4 is 5.32 Å². The zero-order chi connectivity index (χ0) is 16.2. The van der Waals surface area contributed by atoms with Crippen LogP contribution in [0.2, 0.25) is 0 Å². The second kappa shape index (κ2) is 6.82. The van der Waals surface area contributed by atoms with Crippen molar-refractivity contribution in [3.05, 3.63) is 41.5 Å². The molecule has 0 radical (unpaired) electrons. The van der Waals surface area contributed by atoms with Gasteiger partial charge in [0.25, 0.3) is 5.91 Å². The summed E-state index contributed by atoms with van der Waals surface area (Å²) in [6.45, 7) is 3.03. The summed E-state index contributed by atoms with van der Waals surface area (Å²) in [5, 5.41) is 14.0. The summed E-state index contributed by atoms with van der Waals surface area (Å²) < 4.78 is 18.9. The van der Waals surface area contributed by atoms with E-state index in [0.29, 0.717) is 37.4 Å². The van der Waals surface area contributed by atoms with Gasteiger partial charge in [-0.25, -0.2) is 4.39 Å². The molecule has 122 valence electrons. The van der Waals surface area contributed by atoms with Gasteiger partial charge in [0, 0.05) is 25.2 Å². The van der Waals surface area contributed by atoms with Gasteiger partial charge in [-0.2, -0.15) is 10.2 Å². The van der Waals surface area contributed by atoms with Crippen LogP contribution in [0.15, 0.2) is 29.0 Å². The predicted octanol–water partition coefficient (Wildman–Crippen LogP) is 1.12. The molecular weight excluding hydrogens is 301 g/mol. The summed E-state index contributed by atoms with van der Waals surface area (Å²) in [6, 6.07) is 3.35. The largest absolute Gasteiger partial charge is 0.360 e. The molecule has 1 saturated heterocycles. The standard InChI is InChI=1S/C15H18FN5O2/c1-10-4-14(23-20-10)9-21-8-12(16)5-13(21)7-17-15(22)11-2-3-18-19-6-11/h2-4,6,12-13H,5,7-9H2,1H3,(H,17,22)/t12-,13-/m0/s1. The molecule has 0 spiro atoms. The average molecular weight is 319 g/mol. The van der Waals surface area contributed by atoms with E-state index < -0.39 is 6.17 Å². The van der Waals surface area contributed by atoms with Crippen molar-refractivity contribution in [2.45, 2.75) is 32.1 Å². The summed E-state index contributed by atoms with van der Waals surface area (Å²) in [5.74, 6) is 0.462. The number of hydrogen-bond donors (Lipinski definition) is 1. The summed E-state index contributed by atoms with van der Waals surface area (Å²) >= 11 is 0. The van der Waals surface area contributed by atoms with Crippen molar-refractivity contribution in [1.82, 2.24) is 25.6 Å². The van der Waals surface area contributed by atoms with E-state index in [1.54, 1.807) is 6.07 Å². The fourth-order valence-corrected chi connectivity index (χ4v) is 2.76. The molecule has 0 aliphatic carbocycles. The van der Waals surface area contributed by atoms with Crippen LogP contribution in [0.5, 0.6) is 0 Å². The second-order valence-corrected chi connectivity index (χ2v) is 5.69. The van der Waals surface area contributed by atoms with Crippen molar-refractivity contribution in [1.29, 1.82) is 0 Å². The van der Waals surface area contributed by atoms with Crippen LogP contribution in [0.3, 0.4) is 0 Å². The van der Waals surface area contributed by atoms with Crippen LogP contribution >= 0.6 is 0 Å². The zero-order valence-corrected chi connectivity index (χ0v) is 12.8. The van der Waals surface area contributed by atoms with E-state index in [1.165, 1.54) is 12.4 Å². The zero-order valence-electron chi connectivity index (χ0n) is 12.8. The number of likely N-dealkylation sites (tertiary alicyclic amines) is 1. The number of amides is 1. The predicted molar refractivity (Wildman–Crippen MR) is 79.3 cm³/mol. The highest BCUT2D eigenvalue weighted by atomic mass is 19.1. The van der Waals surface area contributed by atoms with E-state index in [4.69, 9.17) is 4.52 Å². The number of nitrogens with one attached hydrogen (secondary N) is 1. The smallest absolute Gasteiger partial charge is 0.253 e. The number of alkyl halides is 1. The molecule has 1 amide bonds. The molecule has 0 aromatic carbocycles. The molecule has 1 aliphatic heterocycles. The molecule has 7 nitrogen and oxygen atoms in total. The van der Waals surface area contributed by atoms with Crippen molar-refractivity contribution >= 4 is 5.91 Å². The molecule has 2 aromatic rings. The van der Waals surface area contributed by atoms with Gasteiger partial charge in [-0.05, 0) is 19.4 Å². The quantitative estimate of drug-likeness (QED) is 0.889. The maximum Gasteiger partial charge on any atom is 0.253 e. The molecule has 23 heavy (non-hydrogen) atoms. The van der Waals surface area contributed by atoms with E-state index in [2.05, 4.69) is 20.7 Å². The van der Waals surface area contributed by atoms with Crippen molar-refractivity contribution in [2.24, 2.45) is 0 Å². The lowest BCUT2D eigenvalue weighted by Gasteiger charge is -2.22. The number of aryl methyl sites for hydroxylation is 1. The maximum atomic E-state index is 13.8. The molecule has 0 bridgehead atoms. The highest BCUT2D eigenvalue weighted by Gasteiger charge is 2.32. The molecule has 1 N–H and O–H groups in total. The Bertz CT molecular complexity index is 663. The van der Waals surface area contributed by atoms with Crippen molar-refractivity contribution in [3.8, 4) is 0 Å². The third-order valence-corrected chi connectivity index (χ3v) is 3.86. The van der Waals surface area contributed by atoms with E-state index in [-0.39, 0.29) is 11.9 Å². The first-order valence-corrected chi connectivity index (χ1v) is 7.47. The Balaban J connectivity index is 1.58. The van der Waals surface area contributed by atoms with Crippen LogP contribution in [-0.4, -0.2) is 51.5 Å². The number of hydrogen-bond acceptors (Lipinski definition) is 6. The maximum absolute atomic E-state index is 13.8. The van der Waals surface area contributed by atoms with E-state index in [9.17, 15) is 9.18 Å². The summed E-state index contributed by atoms with van der Waals surface area (Å²) in [7, 11) is 0. The van der Waals surface area contributed by atoms with Gasteiger partial charge >= 0.3 is 0 Å². The lowest BCUT2D eigenvalue weighted by Crippen LogP contribution is -2.39. The van der Waals surface area contributed by atoms with E-state index in [1.807, 2.05) is 17.9 Å². The molecule has 8 heteroatoms. The molecule has 0 unspecified atom stereocenters. The molecule has 1 aliphatic rings.